The molecule has 0 bridgehead atoms. The summed E-state index contributed by atoms with van der Waals surface area (Å²) in [5, 5.41) is -0.291. The number of carbonyl (C=O) groups is 2. The van der Waals surface area contributed by atoms with Crippen molar-refractivity contribution in [2.24, 2.45) is 5.92 Å². The summed E-state index contributed by atoms with van der Waals surface area (Å²) in [5.41, 5.74) is 2.62. The van der Waals surface area contributed by atoms with E-state index in [1.807, 2.05) is 50.2 Å². The third-order valence-corrected chi connectivity index (χ3v) is 4.29. The maximum atomic E-state index is 11.7. The highest BCUT2D eigenvalue weighted by Gasteiger charge is 2.08. The van der Waals surface area contributed by atoms with Gasteiger partial charge in [0, 0.05) is 10.5 Å². The first-order valence-electron chi connectivity index (χ1n) is 7.64. The topological polar surface area (TPSA) is 43.4 Å². The van der Waals surface area contributed by atoms with E-state index < -0.39 is 0 Å². The molecule has 2 rings (SSSR count). The van der Waals surface area contributed by atoms with Crippen LogP contribution in [0.2, 0.25) is 0 Å². The minimum Gasteiger partial charge on any atom is -0.457 e. The zero-order chi connectivity index (χ0) is 17.5. The van der Waals surface area contributed by atoms with Gasteiger partial charge in [-0.3, -0.25) is 4.79 Å². The fourth-order valence-corrected chi connectivity index (χ4v) is 2.75. The van der Waals surface area contributed by atoms with Gasteiger partial charge in [-0.05, 0) is 40.9 Å². The van der Waals surface area contributed by atoms with E-state index in [9.17, 15) is 9.59 Å². The summed E-state index contributed by atoms with van der Waals surface area (Å²) < 4.78 is 5.15. The summed E-state index contributed by atoms with van der Waals surface area (Å²) in [4.78, 5) is 24.1. The van der Waals surface area contributed by atoms with Crippen molar-refractivity contribution in [2.45, 2.75) is 18.7 Å². The van der Waals surface area contributed by atoms with Crippen LogP contribution in [-0.2, 0) is 4.74 Å². The van der Waals surface area contributed by atoms with Gasteiger partial charge >= 0.3 is 5.30 Å². The smallest absolute Gasteiger partial charge is 0.372 e. The maximum Gasteiger partial charge on any atom is 0.372 e. The first-order valence-corrected chi connectivity index (χ1v) is 8.99. The SMILES string of the molecule is CC(C)COC(=O)Sc1ccc(-c2ccc(C(=O)CCl)cc2)cc1. The maximum absolute atomic E-state index is 11.7. The Morgan fingerprint density at radius 2 is 1.54 bits per heavy atom. The lowest BCUT2D eigenvalue weighted by Gasteiger charge is -2.07. The summed E-state index contributed by atoms with van der Waals surface area (Å²) in [6.45, 7) is 4.43. The molecule has 0 saturated carbocycles. The lowest BCUT2D eigenvalue weighted by molar-refractivity contribution is 0.102. The molecule has 0 aliphatic carbocycles. The van der Waals surface area contributed by atoms with Crippen LogP contribution in [0, 0.1) is 5.92 Å². The molecule has 3 nitrogen and oxygen atoms in total. The molecule has 0 fully saturated rings. The van der Waals surface area contributed by atoms with Crippen LogP contribution in [0.3, 0.4) is 0 Å². The first-order chi connectivity index (χ1) is 11.5. The van der Waals surface area contributed by atoms with Gasteiger partial charge in [-0.15, -0.1) is 11.6 Å². The molecule has 0 radical (unpaired) electrons. The van der Waals surface area contributed by atoms with Crippen LogP contribution in [0.1, 0.15) is 24.2 Å². The van der Waals surface area contributed by atoms with Gasteiger partial charge in [0.25, 0.3) is 0 Å². The summed E-state index contributed by atoms with van der Waals surface area (Å²) >= 11 is 6.63. The summed E-state index contributed by atoms with van der Waals surface area (Å²) in [5.74, 6) is 0.221. The summed E-state index contributed by atoms with van der Waals surface area (Å²) in [6.07, 6.45) is 0. The van der Waals surface area contributed by atoms with Crippen LogP contribution >= 0.6 is 23.4 Å². The predicted molar refractivity (Wildman–Crippen MR) is 99.0 cm³/mol. The number of hydrogen-bond donors (Lipinski definition) is 0. The van der Waals surface area contributed by atoms with Crippen LogP contribution in [0.15, 0.2) is 53.4 Å². The highest BCUT2D eigenvalue weighted by Crippen LogP contribution is 2.26. The van der Waals surface area contributed by atoms with Gasteiger partial charge in [0.2, 0.25) is 0 Å². The quantitative estimate of drug-likeness (QED) is 0.288. The zero-order valence-electron chi connectivity index (χ0n) is 13.6. The second-order valence-electron chi connectivity index (χ2n) is 5.72. The Morgan fingerprint density at radius 3 is 2.04 bits per heavy atom. The van der Waals surface area contributed by atoms with Crippen molar-refractivity contribution in [1.82, 2.24) is 0 Å². The molecular formula is C19H19ClO3S. The molecule has 0 spiro atoms. The number of benzene rings is 2. The van der Waals surface area contributed by atoms with Gasteiger partial charge in [0.15, 0.2) is 5.78 Å². The van der Waals surface area contributed by atoms with Crippen molar-refractivity contribution in [3.63, 3.8) is 0 Å². The molecule has 0 aliphatic heterocycles. The van der Waals surface area contributed by atoms with Gasteiger partial charge in [0.1, 0.15) is 0 Å². The number of ether oxygens (including phenoxy) is 1. The van der Waals surface area contributed by atoms with Crippen LogP contribution in [0.4, 0.5) is 4.79 Å². The van der Waals surface area contributed by atoms with Crippen molar-refractivity contribution in [3.8, 4) is 11.1 Å². The number of alkyl halides is 1. The van der Waals surface area contributed by atoms with E-state index in [0.717, 1.165) is 27.8 Å². The molecule has 0 unspecified atom stereocenters. The minimum absolute atomic E-state index is 0.0157. The molecule has 2 aromatic carbocycles. The van der Waals surface area contributed by atoms with Crippen molar-refractivity contribution in [3.05, 3.63) is 54.1 Å². The Balaban J connectivity index is 2.01. The van der Waals surface area contributed by atoms with Crippen molar-refractivity contribution < 1.29 is 14.3 Å². The van der Waals surface area contributed by atoms with Crippen LogP contribution in [0.5, 0.6) is 0 Å². The molecule has 126 valence electrons. The number of halogens is 1. The number of Topliss-reactive ketones (excluding diaryl/α,β-unsaturated/α-hetero) is 1. The Morgan fingerprint density at radius 1 is 1.00 bits per heavy atom. The molecule has 0 N–H and O–H groups in total. The van der Waals surface area contributed by atoms with Gasteiger partial charge < -0.3 is 4.74 Å². The lowest BCUT2D eigenvalue weighted by atomic mass is 10.0. The van der Waals surface area contributed by atoms with E-state index in [0.29, 0.717) is 18.1 Å². The Kier molecular flexibility index (Phi) is 6.88. The van der Waals surface area contributed by atoms with E-state index >= 15 is 0 Å². The standard InChI is InChI=1S/C19H19ClO3S/c1-13(2)12-23-19(22)24-17-9-7-15(8-10-17)14-3-5-16(6-4-14)18(21)11-20/h3-10,13H,11-12H2,1-2H3. The largest absolute Gasteiger partial charge is 0.457 e. The summed E-state index contributed by atoms with van der Waals surface area (Å²) in [7, 11) is 0. The molecular weight excluding hydrogens is 344 g/mol. The fourth-order valence-electron chi connectivity index (χ4n) is 2.00. The molecule has 5 heteroatoms. The average molecular weight is 363 g/mol. The van der Waals surface area contributed by atoms with Crippen molar-refractivity contribution in [2.75, 3.05) is 12.5 Å². The van der Waals surface area contributed by atoms with E-state index in [2.05, 4.69) is 0 Å². The molecule has 0 aliphatic rings. The average Bonchev–Trinajstić information content (AvgIpc) is 2.60. The minimum atomic E-state index is -0.291. The number of ketones is 1. The van der Waals surface area contributed by atoms with E-state index in [1.54, 1.807) is 12.1 Å². The van der Waals surface area contributed by atoms with Crippen molar-refractivity contribution >= 4 is 34.4 Å². The van der Waals surface area contributed by atoms with Crippen LogP contribution in [-0.4, -0.2) is 23.6 Å². The van der Waals surface area contributed by atoms with Crippen LogP contribution < -0.4 is 0 Å². The predicted octanol–water partition coefficient (Wildman–Crippen LogP) is 5.66. The fraction of sp³-hybridized carbons (Fsp3) is 0.263. The number of rotatable bonds is 6. The molecule has 0 saturated heterocycles. The molecule has 0 atom stereocenters. The molecule has 0 heterocycles. The Bertz CT molecular complexity index is 694. The monoisotopic (exact) mass is 362 g/mol. The third-order valence-electron chi connectivity index (χ3n) is 3.25. The van der Waals surface area contributed by atoms with Gasteiger partial charge in [-0.25, -0.2) is 4.79 Å². The van der Waals surface area contributed by atoms with Gasteiger partial charge in [-0.1, -0.05) is 50.2 Å². The lowest BCUT2D eigenvalue weighted by Crippen LogP contribution is -2.04. The number of hydrogen-bond acceptors (Lipinski definition) is 4. The van der Waals surface area contributed by atoms with Crippen molar-refractivity contribution in [1.29, 1.82) is 0 Å². The highest BCUT2D eigenvalue weighted by molar-refractivity contribution is 8.13. The van der Waals surface area contributed by atoms with E-state index in [-0.39, 0.29) is 17.0 Å². The summed E-state index contributed by atoms with van der Waals surface area (Å²) in [6, 6.07) is 15.0. The van der Waals surface area contributed by atoms with Crippen LogP contribution in [0.25, 0.3) is 11.1 Å². The number of carbonyl (C=O) groups excluding carboxylic acids is 2. The Labute approximate surface area is 151 Å². The Hall–Kier alpha value is -1.78. The number of thioether (sulfide) groups is 1. The normalized spacial score (nSPS) is 10.7. The molecule has 2 aromatic rings. The van der Waals surface area contributed by atoms with E-state index in [4.69, 9.17) is 16.3 Å². The second kappa shape index (κ2) is 8.90. The first kappa shape index (κ1) is 18.6. The van der Waals surface area contributed by atoms with Gasteiger partial charge in [0.05, 0.1) is 12.5 Å². The molecule has 24 heavy (non-hydrogen) atoms. The zero-order valence-corrected chi connectivity index (χ0v) is 15.2. The second-order valence-corrected chi connectivity index (χ2v) is 6.99. The third kappa shape index (κ3) is 5.39. The highest BCUT2D eigenvalue weighted by atomic mass is 35.5. The van der Waals surface area contributed by atoms with Gasteiger partial charge in [-0.2, -0.15) is 0 Å². The molecule has 0 aromatic heterocycles. The molecule has 0 amide bonds. The van der Waals surface area contributed by atoms with E-state index in [1.165, 1.54) is 0 Å².